The zero-order chi connectivity index (χ0) is 36.0. The summed E-state index contributed by atoms with van der Waals surface area (Å²) in [5.74, 6) is -7.19. The van der Waals surface area contributed by atoms with Gasteiger partial charge < -0.3 is 59.9 Å². The van der Waals surface area contributed by atoms with Gasteiger partial charge in [-0.2, -0.15) is 0 Å². The Morgan fingerprint density at radius 2 is 1.58 bits per heavy atom. The van der Waals surface area contributed by atoms with Crippen molar-refractivity contribution in [3.8, 4) is 0 Å². The summed E-state index contributed by atoms with van der Waals surface area (Å²) in [6.45, 7) is 0.269. The number of nitrogens with zero attached hydrogens (tertiary/aromatic N) is 2. The number of carbonyl (C=O) groups is 8. The molecule has 0 aromatic heterocycles. The Balaban J connectivity index is 2.29. The van der Waals surface area contributed by atoms with E-state index in [-0.39, 0.29) is 62.7 Å². The van der Waals surface area contributed by atoms with Crippen LogP contribution < -0.4 is 49.9 Å². The first-order valence-electron chi connectivity index (χ1n) is 15.0. The minimum Gasteiger partial charge on any atom is -0.480 e. The molecule has 2 heterocycles. The first kappa shape index (κ1) is 39.9. The molecule has 0 unspecified atom stereocenters. The lowest BCUT2D eigenvalue weighted by Gasteiger charge is -2.30. The van der Waals surface area contributed by atoms with Crippen molar-refractivity contribution in [2.24, 2.45) is 33.7 Å². The molecule has 48 heavy (non-hydrogen) atoms. The zero-order valence-corrected chi connectivity index (χ0v) is 27.7. The van der Waals surface area contributed by atoms with Crippen LogP contribution in [0.5, 0.6) is 0 Å². The lowest BCUT2D eigenvalue weighted by molar-refractivity contribution is -0.145. The molecule has 2 aliphatic rings. The molecule has 268 valence electrons. The minimum absolute atomic E-state index is 0.0155. The molecular formula is C26H43N11O9S2. The van der Waals surface area contributed by atoms with Gasteiger partial charge in [0.05, 0.1) is 12.5 Å². The molecule has 15 N–H and O–H groups in total. The van der Waals surface area contributed by atoms with Crippen LogP contribution in [0.2, 0.25) is 0 Å². The summed E-state index contributed by atoms with van der Waals surface area (Å²) < 4.78 is 0. The van der Waals surface area contributed by atoms with Gasteiger partial charge in [0, 0.05) is 31.0 Å². The lowest BCUT2D eigenvalue weighted by atomic mass is 10.1. The highest BCUT2D eigenvalue weighted by molar-refractivity contribution is 8.76. The molecule has 0 radical (unpaired) electrons. The number of carboxylic acid groups (broad SMARTS) is 1. The van der Waals surface area contributed by atoms with Gasteiger partial charge in [0.25, 0.3) is 0 Å². The fourth-order valence-electron chi connectivity index (χ4n) is 4.81. The highest BCUT2D eigenvalue weighted by atomic mass is 33.1. The average Bonchev–Trinajstić information content (AvgIpc) is 3.50. The summed E-state index contributed by atoms with van der Waals surface area (Å²) in [5, 5.41) is 19.4. The van der Waals surface area contributed by atoms with E-state index in [1.807, 2.05) is 0 Å². The molecule has 2 saturated heterocycles. The number of carboxylic acids is 1. The number of carbonyl (C=O) groups excluding carboxylic acids is 7. The summed E-state index contributed by atoms with van der Waals surface area (Å²) in [6, 6.07) is -7.65. The lowest BCUT2D eigenvalue weighted by Crippen LogP contribution is -2.60. The molecule has 0 bridgehead atoms. The third kappa shape index (κ3) is 13.1. The van der Waals surface area contributed by atoms with Gasteiger partial charge in [-0.1, -0.05) is 21.6 Å². The Kier molecular flexibility index (Phi) is 16.2. The number of rotatable bonds is 13. The SMILES string of the molecule is NC(=O)CC[C@@H]1NC(=O)[C@@H](N)CSSC[C@@H](C(=O)N2CCC[C@H]2C(=O)N[C@@H](CCCN=C(N)N)C(=O)O)NC(=O)[C@H](CC(N)=O)NC1=O. The van der Waals surface area contributed by atoms with Crippen LogP contribution in [0.15, 0.2) is 4.99 Å². The van der Waals surface area contributed by atoms with Crippen LogP contribution >= 0.6 is 21.6 Å². The molecule has 0 aliphatic carbocycles. The monoisotopic (exact) mass is 717 g/mol. The molecule has 0 aromatic rings. The molecule has 22 heteroatoms. The van der Waals surface area contributed by atoms with Crippen molar-refractivity contribution in [3.63, 3.8) is 0 Å². The van der Waals surface area contributed by atoms with E-state index in [1.54, 1.807) is 0 Å². The number of likely N-dealkylation sites (tertiary alicyclic amines) is 1. The Labute approximate surface area is 283 Å². The molecule has 2 aliphatic heterocycles. The summed E-state index contributed by atoms with van der Waals surface area (Å²) >= 11 is 0. The number of aliphatic imine (C=N–C) groups is 1. The van der Waals surface area contributed by atoms with Gasteiger partial charge in [0.2, 0.25) is 41.4 Å². The summed E-state index contributed by atoms with van der Waals surface area (Å²) in [7, 11) is 2.21. The fraction of sp³-hybridized carbons (Fsp3) is 0.654. The maximum atomic E-state index is 13.8. The largest absolute Gasteiger partial charge is 0.480 e. The van der Waals surface area contributed by atoms with E-state index in [0.29, 0.717) is 6.42 Å². The number of guanidine groups is 1. The minimum atomic E-state index is -1.58. The summed E-state index contributed by atoms with van der Waals surface area (Å²) in [6.07, 6.45) is -0.302. The highest BCUT2D eigenvalue weighted by Crippen LogP contribution is 2.25. The van der Waals surface area contributed by atoms with Crippen molar-refractivity contribution >= 4 is 74.9 Å². The van der Waals surface area contributed by atoms with E-state index < -0.39 is 90.0 Å². The van der Waals surface area contributed by atoms with Crippen molar-refractivity contribution in [1.29, 1.82) is 0 Å². The molecule has 0 aromatic carbocycles. The Morgan fingerprint density at radius 1 is 0.938 bits per heavy atom. The van der Waals surface area contributed by atoms with E-state index in [1.165, 1.54) is 4.90 Å². The topological polar surface area (TPSA) is 351 Å². The maximum absolute atomic E-state index is 13.8. The van der Waals surface area contributed by atoms with Gasteiger partial charge in [-0.25, -0.2) is 4.79 Å². The van der Waals surface area contributed by atoms with Gasteiger partial charge in [-0.3, -0.25) is 38.6 Å². The number of hydrogen-bond donors (Lipinski definition) is 10. The van der Waals surface area contributed by atoms with E-state index >= 15 is 0 Å². The van der Waals surface area contributed by atoms with Crippen LogP contribution in [0, 0.1) is 0 Å². The van der Waals surface area contributed by atoms with E-state index in [9.17, 15) is 43.5 Å². The summed E-state index contributed by atoms with van der Waals surface area (Å²) in [5.41, 5.74) is 27.1. The van der Waals surface area contributed by atoms with Crippen molar-refractivity contribution in [3.05, 3.63) is 0 Å². The first-order chi connectivity index (χ1) is 22.6. The third-order valence-corrected chi connectivity index (χ3v) is 9.71. The molecule has 20 nitrogen and oxygen atoms in total. The van der Waals surface area contributed by atoms with Gasteiger partial charge in [0.1, 0.15) is 30.2 Å². The van der Waals surface area contributed by atoms with Crippen LogP contribution in [0.3, 0.4) is 0 Å². The Hall–Kier alpha value is -4.31. The van der Waals surface area contributed by atoms with Crippen molar-refractivity contribution in [2.45, 2.75) is 81.2 Å². The predicted molar refractivity (Wildman–Crippen MR) is 175 cm³/mol. The second-order valence-electron chi connectivity index (χ2n) is 11.1. The van der Waals surface area contributed by atoms with Crippen LogP contribution in [0.25, 0.3) is 0 Å². The Morgan fingerprint density at radius 3 is 2.21 bits per heavy atom. The van der Waals surface area contributed by atoms with Gasteiger partial charge in [-0.15, -0.1) is 0 Å². The quantitative estimate of drug-likeness (QED) is 0.0369. The summed E-state index contributed by atoms with van der Waals surface area (Å²) in [4.78, 5) is 106. The standard InChI is InChI=1S/C26H43N11O9S2/c27-12-10-47-48-11-16(36-22(42)15(9-19(29)39)35-21(41)13(33-20(12)40)5-6-18(28)38)24(44)37-8-2-4-17(37)23(43)34-14(25(45)46)3-1-7-32-26(30)31/h12-17H,1-11,27H2,(H2,28,38)(H2,29,39)(H,33,40)(H,34,43)(H,35,41)(H,36,42)(H,45,46)(H4,30,31,32)/t12-,13-,14-,15-,16-,17-/m0/s1. The van der Waals surface area contributed by atoms with Crippen LogP contribution in [-0.4, -0.2) is 124 Å². The number of hydrogen-bond acceptors (Lipinski definition) is 12. The number of aliphatic carboxylic acids is 1. The highest BCUT2D eigenvalue weighted by Gasteiger charge is 2.40. The second-order valence-corrected chi connectivity index (χ2v) is 13.6. The zero-order valence-electron chi connectivity index (χ0n) is 26.1. The molecule has 0 spiro atoms. The van der Waals surface area contributed by atoms with E-state index in [2.05, 4.69) is 26.3 Å². The van der Waals surface area contributed by atoms with Crippen molar-refractivity contribution < 1.29 is 43.5 Å². The smallest absolute Gasteiger partial charge is 0.326 e. The number of primary amides is 2. The number of nitrogens with two attached hydrogens (primary N) is 5. The normalized spacial score (nSPS) is 24.6. The molecular weight excluding hydrogens is 674 g/mol. The van der Waals surface area contributed by atoms with Crippen LogP contribution in [0.1, 0.15) is 44.9 Å². The van der Waals surface area contributed by atoms with Gasteiger partial charge in [-0.05, 0) is 32.1 Å². The maximum Gasteiger partial charge on any atom is 0.326 e. The molecule has 2 rings (SSSR count). The van der Waals surface area contributed by atoms with Gasteiger partial charge in [0.15, 0.2) is 5.96 Å². The van der Waals surface area contributed by atoms with Crippen LogP contribution in [0.4, 0.5) is 0 Å². The Bertz CT molecular complexity index is 1270. The third-order valence-electron chi connectivity index (χ3n) is 7.27. The fourth-order valence-corrected chi connectivity index (χ4v) is 7.09. The van der Waals surface area contributed by atoms with E-state index in [4.69, 9.17) is 28.7 Å². The average molecular weight is 718 g/mol. The van der Waals surface area contributed by atoms with Crippen molar-refractivity contribution in [2.75, 3.05) is 24.6 Å². The number of nitrogens with one attached hydrogen (secondary N) is 4. The van der Waals surface area contributed by atoms with Crippen LogP contribution in [-0.2, 0) is 38.4 Å². The van der Waals surface area contributed by atoms with Crippen molar-refractivity contribution in [1.82, 2.24) is 26.2 Å². The molecule has 6 atom stereocenters. The molecule has 2 fully saturated rings. The second kappa shape index (κ2) is 19.5. The van der Waals surface area contributed by atoms with Gasteiger partial charge >= 0.3 is 5.97 Å². The molecule has 0 saturated carbocycles. The van der Waals surface area contributed by atoms with E-state index in [0.717, 1.165) is 21.6 Å². The predicted octanol–water partition coefficient (Wildman–Crippen LogP) is -5.08. The first-order valence-corrected chi connectivity index (χ1v) is 17.5. The molecule has 7 amide bonds. The number of amides is 7.